The lowest BCUT2D eigenvalue weighted by Gasteiger charge is -2.35. The van der Waals surface area contributed by atoms with Gasteiger partial charge in [0.2, 0.25) is 0 Å². The molecule has 220 valence electrons. The van der Waals surface area contributed by atoms with E-state index in [1.807, 2.05) is 0 Å². The Balaban J connectivity index is 1.23. The summed E-state index contributed by atoms with van der Waals surface area (Å²) >= 11 is 0. The van der Waals surface area contributed by atoms with Gasteiger partial charge in [-0.1, -0.05) is 38.1 Å². The van der Waals surface area contributed by atoms with E-state index >= 15 is 0 Å². The lowest BCUT2D eigenvalue weighted by molar-refractivity contribution is -0.233. The molecule has 1 aliphatic carbocycles. The summed E-state index contributed by atoms with van der Waals surface area (Å²) in [6.07, 6.45) is 7.70. The van der Waals surface area contributed by atoms with Crippen molar-refractivity contribution in [2.75, 3.05) is 13.2 Å². The highest BCUT2D eigenvalue weighted by atomic mass is 16.7. The largest absolute Gasteiger partial charge is 0.352 e. The van der Waals surface area contributed by atoms with Crippen molar-refractivity contribution in [2.45, 2.75) is 125 Å². The van der Waals surface area contributed by atoms with Gasteiger partial charge in [0.1, 0.15) is 0 Å². The minimum Gasteiger partial charge on any atom is -0.352 e. The third-order valence-electron chi connectivity index (χ3n) is 10.7. The van der Waals surface area contributed by atoms with E-state index in [1.54, 1.807) is 5.56 Å². The number of ether oxygens (including phenoxy) is 4. The van der Waals surface area contributed by atoms with E-state index in [2.05, 4.69) is 79.7 Å². The van der Waals surface area contributed by atoms with Crippen LogP contribution in [0.2, 0.25) is 0 Å². The van der Waals surface area contributed by atoms with E-state index in [9.17, 15) is 0 Å². The molecule has 5 rings (SSSR count). The first-order valence-electron chi connectivity index (χ1n) is 15.9. The highest BCUT2D eigenvalue weighted by Gasteiger charge is 2.30. The molecule has 4 heteroatoms. The third-order valence-corrected chi connectivity index (χ3v) is 10.7. The van der Waals surface area contributed by atoms with Gasteiger partial charge in [-0.15, -0.1) is 0 Å². The van der Waals surface area contributed by atoms with Gasteiger partial charge in [-0.3, -0.25) is 0 Å². The fourth-order valence-electron chi connectivity index (χ4n) is 6.96. The number of hydrogen-bond donors (Lipinski definition) is 0. The molecular weight excluding hydrogens is 496 g/mol. The van der Waals surface area contributed by atoms with Crippen LogP contribution >= 0.6 is 0 Å². The Morgan fingerprint density at radius 2 is 1.15 bits per heavy atom. The van der Waals surface area contributed by atoms with Crippen LogP contribution in [0.1, 0.15) is 112 Å². The van der Waals surface area contributed by atoms with Crippen molar-refractivity contribution in [2.24, 2.45) is 17.8 Å². The van der Waals surface area contributed by atoms with Crippen molar-refractivity contribution < 1.29 is 18.9 Å². The summed E-state index contributed by atoms with van der Waals surface area (Å²) < 4.78 is 24.3. The third kappa shape index (κ3) is 6.21. The van der Waals surface area contributed by atoms with Crippen LogP contribution in [0.25, 0.3) is 11.1 Å². The van der Waals surface area contributed by atoms with E-state index in [0.29, 0.717) is 23.9 Å². The van der Waals surface area contributed by atoms with Gasteiger partial charge in [-0.2, -0.15) is 0 Å². The standard InChI is InChI=1S/C36H52O4/c1-21-19-37-35(39-27(21)7)18-11-29-9-12-30(13-10-29)31-14-15-32(24(4)23(31)3)33-16-17-34(26(6)25(33)5)36-38-20-22(2)28(8)40-36/h14-17,21-22,27-30,35-36H,9-13,18-20H2,1-8H3. The fraction of sp³-hybridized carbons (Fsp3) is 0.667. The molecule has 0 bridgehead atoms. The SMILES string of the molecule is Cc1c(-c2ccc(C3OCC(C)C(C)O3)c(C)c2C)ccc(C2CCC(CCC3OCC(C)C(C)O3)CC2)c1C. The maximum absolute atomic E-state index is 6.22. The molecule has 0 spiro atoms. The van der Waals surface area contributed by atoms with Crippen molar-refractivity contribution >= 4 is 0 Å². The second kappa shape index (κ2) is 12.7. The van der Waals surface area contributed by atoms with Crippen LogP contribution < -0.4 is 0 Å². The predicted molar refractivity (Wildman–Crippen MR) is 163 cm³/mol. The summed E-state index contributed by atoms with van der Waals surface area (Å²) in [7, 11) is 0. The van der Waals surface area contributed by atoms with E-state index < -0.39 is 0 Å². The molecular formula is C36H52O4. The molecule has 1 saturated carbocycles. The number of hydrogen-bond acceptors (Lipinski definition) is 4. The fourth-order valence-corrected chi connectivity index (χ4v) is 6.96. The highest BCUT2D eigenvalue weighted by Crippen LogP contribution is 2.42. The zero-order valence-electron chi connectivity index (χ0n) is 26.2. The van der Waals surface area contributed by atoms with Crippen LogP contribution in [-0.4, -0.2) is 31.7 Å². The van der Waals surface area contributed by atoms with Crippen LogP contribution in [0.5, 0.6) is 0 Å². The lowest BCUT2D eigenvalue weighted by Crippen LogP contribution is -2.37. The Kier molecular flexibility index (Phi) is 9.41. The number of benzene rings is 2. The summed E-state index contributed by atoms with van der Waals surface area (Å²) in [6, 6.07) is 9.30. The van der Waals surface area contributed by atoms with Crippen molar-refractivity contribution in [1.82, 2.24) is 0 Å². The Morgan fingerprint density at radius 1 is 0.600 bits per heavy atom. The van der Waals surface area contributed by atoms with Crippen molar-refractivity contribution in [3.05, 3.63) is 57.6 Å². The smallest absolute Gasteiger partial charge is 0.184 e. The molecule has 2 aliphatic heterocycles. The molecule has 2 aromatic carbocycles. The first-order valence-corrected chi connectivity index (χ1v) is 15.9. The summed E-state index contributed by atoms with van der Waals surface area (Å²) in [4.78, 5) is 0. The second-order valence-corrected chi connectivity index (χ2v) is 13.3. The minimum atomic E-state index is -0.269. The van der Waals surface area contributed by atoms with Crippen molar-refractivity contribution in [3.8, 4) is 11.1 Å². The van der Waals surface area contributed by atoms with E-state index in [-0.39, 0.29) is 18.7 Å². The van der Waals surface area contributed by atoms with E-state index in [1.165, 1.54) is 65.5 Å². The quantitative estimate of drug-likeness (QED) is 0.361. The van der Waals surface area contributed by atoms with Crippen LogP contribution in [-0.2, 0) is 18.9 Å². The van der Waals surface area contributed by atoms with Crippen LogP contribution in [0.4, 0.5) is 0 Å². The molecule has 4 nitrogen and oxygen atoms in total. The summed E-state index contributed by atoms with van der Waals surface area (Å²) in [6.45, 7) is 19.4. The van der Waals surface area contributed by atoms with Gasteiger partial charge in [-0.05, 0) is 131 Å². The summed E-state index contributed by atoms with van der Waals surface area (Å²) in [5.74, 6) is 2.39. The normalized spacial score (nSPS) is 33.2. The molecule has 3 aliphatic rings. The van der Waals surface area contributed by atoms with Gasteiger partial charge in [-0.25, -0.2) is 0 Å². The maximum Gasteiger partial charge on any atom is 0.184 e. The van der Waals surface area contributed by atoms with Crippen LogP contribution in [0.15, 0.2) is 24.3 Å². The predicted octanol–water partition coefficient (Wildman–Crippen LogP) is 9.11. The maximum atomic E-state index is 6.22. The highest BCUT2D eigenvalue weighted by molar-refractivity contribution is 5.74. The van der Waals surface area contributed by atoms with Gasteiger partial charge in [0.15, 0.2) is 12.6 Å². The van der Waals surface area contributed by atoms with Crippen LogP contribution in [0, 0.1) is 45.4 Å². The molecule has 2 aromatic rings. The second-order valence-electron chi connectivity index (χ2n) is 13.3. The molecule has 0 N–H and O–H groups in total. The van der Waals surface area contributed by atoms with Crippen molar-refractivity contribution in [3.63, 3.8) is 0 Å². The minimum absolute atomic E-state index is 0.00232. The Labute approximate surface area is 243 Å². The summed E-state index contributed by atoms with van der Waals surface area (Å²) in [5.41, 5.74) is 10.9. The van der Waals surface area contributed by atoms with Crippen molar-refractivity contribution in [1.29, 1.82) is 0 Å². The van der Waals surface area contributed by atoms with Gasteiger partial charge in [0.25, 0.3) is 0 Å². The zero-order chi connectivity index (χ0) is 28.6. The molecule has 3 fully saturated rings. The van der Waals surface area contributed by atoms with Gasteiger partial charge < -0.3 is 18.9 Å². The van der Waals surface area contributed by atoms with E-state index in [0.717, 1.165) is 31.1 Å². The zero-order valence-corrected chi connectivity index (χ0v) is 26.2. The Hall–Kier alpha value is -1.72. The van der Waals surface area contributed by atoms with Crippen LogP contribution in [0.3, 0.4) is 0 Å². The Bertz CT molecular complexity index is 1160. The van der Waals surface area contributed by atoms with E-state index in [4.69, 9.17) is 18.9 Å². The molecule has 40 heavy (non-hydrogen) atoms. The lowest BCUT2D eigenvalue weighted by atomic mass is 9.75. The monoisotopic (exact) mass is 548 g/mol. The molecule has 2 heterocycles. The number of rotatable bonds is 6. The average Bonchev–Trinajstić information content (AvgIpc) is 2.94. The topological polar surface area (TPSA) is 36.9 Å². The average molecular weight is 549 g/mol. The summed E-state index contributed by atoms with van der Waals surface area (Å²) in [5, 5.41) is 0. The molecule has 0 aromatic heterocycles. The van der Waals surface area contributed by atoms with Gasteiger partial charge >= 0.3 is 0 Å². The van der Waals surface area contributed by atoms with Gasteiger partial charge in [0.05, 0.1) is 25.4 Å². The molecule has 6 atom stereocenters. The molecule has 0 amide bonds. The first-order chi connectivity index (χ1) is 19.1. The molecule has 0 radical (unpaired) electrons. The molecule has 6 unspecified atom stereocenters. The van der Waals surface area contributed by atoms with Gasteiger partial charge in [0, 0.05) is 17.4 Å². The Morgan fingerprint density at radius 3 is 1.75 bits per heavy atom. The first kappa shape index (κ1) is 29.8. The molecule has 2 saturated heterocycles.